The lowest BCUT2D eigenvalue weighted by Gasteiger charge is -2.42. The van der Waals surface area contributed by atoms with Crippen LogP contribution in [0.15, 0.2) is 36.8 Å². The standard InChI is InChI=1S/C17H23N5O/c23-15-10-14(17(15)22-9-3-6-20-22)18-11-13-4-5-16(19-12-13)21-7-1-2-8-21/h3-6,9,12,14-15,17-18,23H,1-2,7-8,10-11H2/t14-,15+,17+/m0/s1. The van der Waals surface area contributed by atoms with E-state index in [0.29, 0.717) is 0 Å². The summed E-state index contributed by atoms with van der Waals surface area (Å²) in [6.07, 6.45) is 8.61. The molecule has 122 valence electrons. The van der Waals surface area contributed by atoms with E-state index >= 15 is 0 Å². The topological polar surface area (TPSA) is 66.2 Å². The molecule has 2 fully saturated rings. The van der Waals surface area contributed by atoms with E-state index in [1.807, 2.05) is 23.1 Å². The average Bonchev–Trinajstić information content (AvgIpc) is 3.25. The molecule has 0 unspecified atom stereocenters. The van der Waals surface area contributed by atoms with E-state index in [0.717, 1.165) is 31.9 Å². The van der Waals surface area contributed by atoms with Crippen molar-refractivity contribution in [2.45, 2.75) is 44.0 Å². The van der Waals surface area contributed by atoms with Crippen LogP contribution in [0.2, 0.25) is 0 Å². The molecule has 2 aliphatic rings. The molecule has 23 heavy (non-hydrogen) atoms. The van der Waals surface area contributed by atoms with Crippen LogP contribution in [0.5, 0.6) is 0 Å². The number of aliphatic hydroxyl groups excluding tert-OH is 1. The predicted molar refractivity (Wildman–Crippen MR) is 88.2 cm³/mol. The zero-order chi connectivity index (χ0) is 15.6. The molecule has 2 aromatic rings. The van der Waals surface area contributed by atoms with Gasteiger partial charge in [-0.3, -0.25) is 4.68 Å². The minimum Gasteiger partial charge on any atom is -0.391 e. The molecule has 2 aromatic heterocycles. The lowest BCUT2D eigenvalue weighted by molar-refractivity contribution is -0.00822. The molecule has 0 radical (unpaired) electrons. The minimum atomic E-state index is -0.317. The Kier molecular flexibility index (Phi) is 4.01. The summed E-state index contributed by atoms with van der Waals surface area (Å²) in [4.78, 5) is 6.93. The molecule has 3 heterocycles. The minimum absolute atomic E-state index is 0.0295. The van der Waals surface area contributed by atoms with Gasteiger partial charge in [-0.15, -0.1) is 0 Å². The predicted octanol–water partition coefficient (Wildman–Crippen LogP) is 1.34. The number of hydrogen-bond acceptors (Lipinski definition) is 5. The summed E-state index contributed by atoms with van der Waals surface area (Å²) in [5.74, 6) is 1.08. The van der Waals surface area contributed by atoms with Gasteiger partial charge in [0, 0.05) is 44.3 Å². The summed E-state index contributed by atoms with van der Waals surface area (Å²) in [5.41, 5.74) is 1.17. The van der Waals surface area contributed by atoms with Crippen molar-refractivity contribution in [3.63, 3.8) is 0 Å². The van der Waals surface area contributed by atoms with Crippen LogP contribution in [-0.2, 0) is 6.54 Å². The second-order valence-corrected chi connectivity index (χ2v) is 6.49. The summed E-state index contributed by atoms with van der Waals surface area (Å²) in [7, 11) is 0. The number of aliphatic hydroxyl groups is 1. The maximum Gasteiger partial charge on any atom is 0.128 e. The van der Waals surface area contributed by atoms with Gasteiger partial charge in [-0.2, -0.15) is 5.10 Å². The molecule has 0 amide bonds. The Morgan fingerprint density at radius 2 is 2.13 bits per heavy atom. The summed E-state index contributed by atoms with van der Waals surface area (Å²) in [5, 5.41) is 17.8. The molecule has 1 aliphatic heterocycles. The van der Waals surface area contributed by atoms with Crippen LogP contribution in [0.25, 0.3) is 0 Å². The third-order valence-corrected chi connectivity index (χ3v) is 4.94. The van der Waals surface area contributed by atoms with Crippen LogP contribution >= 0.6 is 0 Å². The quantitative estimate of drug-likeness (QED) is 0.872. The van der Waals surface area contributed by atoms with Crippen LogP contribution in [0.4, 0.5) is 5.82 Å². The third kappa shape index (κ3) is 2.96. The first-order chi connectivity index (χ1) is 11.3. The molecule has 1 aliphatic carbocycles. The maximum absolute atomic E-state index is 9.99. The van der Waals surface area contributed by atoms with Crippen LogP contribution in [0, 0.1) is 0 Å². The monoisotopic (exact) mass is 313 g/mol. The fraction of sp³-hybridized carbons (Fsp3) is 0.529. The molecule has 0 spiro atoms. The number of rotatable bonds is 5. The Morgan fingerprint density at radius 1 is 1.26 bits per heavy atom. The highest BCUT2D eigenvalue weighted by molar-refractivity contribution is 5.40. The van der Waals surface area contributed by atoms with Crippen molar-refractivity contribution in [1.29, 1.82) is 0 Å². The van der Waals surface area contributed by atoms with Crippen LogP contribution in [-0.4, -0.2) is 45.1 Å². The zero-order valence-electron chi connectivity index (χ0n) is 13.2. The lowest BCUT2D eigenvalue weighted by atomic mass is 9.83. The van der Waals surface area contributed by atoms with Crippen molar-refractivity contribution < 1.29 is 5.11 Å². The number of hydrogen-bond donors (Lipinski definition) is 2. The number of pyridine rings is 1. The second-order valence-electron chi connectivity index (χ2n) is 6.49. The zero-order valence-corrected chi connectivity index (χ0v) is 13.2. The third-order valence-electron chi connectivity index (χ3n) is 4.94. The molecular formula is C17H23N5O. The van der Waals surface area contributed by atoms with Crippen molar-refractivity contribution in [2.24, 2.45) is 0 Å². The van der Waals surface area contributed by atoms with Gasteiger partial charge in [-0.1, -0.05) is 6.07 Å². The van der Waals surface area contributed by atoms with Crippen LogP contribution < -0.4 is 10.2 Å². The first kappa shape index (κ1) is 14.7. The van der Waals surface area contributed by atoms with E-state index in [1.165, 1.54) is 18.4 Å². The van der Waals surface area contributed by atoms with Crippen molar-refractivity contribution in [3.8, 4) is 0 Å². The molecule has 2 N–H and O–H groups in total. The number of nitrogens with zero attached hydrogens (tertiary/aromatic N) is 4. The van der Waals surface area contributed by atoms with Crippen molar-refractivity contribution in [1.82, 2.24) is 20.1 Å². The first-order valence-electron chi connectivity index (χ1n) is 8.42. The number of anilines is 1. The Balaban J connectivity index is 1.34. The second kappa shape index (κ2) is 6.29. The number of nitrogens with one attached hydrogen (secondary N) is 1. The van der Waals surface area contributed by atoms with Gasteiger partial charge in [0.2, 0.25) is 0 Å². The van der Waals surface area contributed by atoms with Crippen LogP contribution in [0.3, 0.4) is 0 Å². The van der Waals surface area contributed by atoms with Gasteiger partial charge in [0.15, 0.2) is 0 Å². The molecule has 6 nitrogen and oxygen atoms in total. The molecule has 3 atom stereocenters. The summed E-state index contributed by atoms with van der Waals surface area (Å²) >= 11 is 0. The lowest BCUT2D eigenvalue weighted by Crippen LogP contribution is -2.54. The Labute approximate surface area is 136 Å². The Bertz CT molecular complexity index is 621. The van der Waals surface area contributed by atoms with Gasteiger partial charge >= 0.3 is 0 Å². The molecule has 0 bridgehead atoms. The SMILES string of the molecule is O[C@@H]1C[C@H](NCc2ccc(N3CCCC3)nc2)[C@H]1n1cccn1. The average molecular weight is 313 g/mol. The van der Waals surface area contributed by atoms with Gasteiger partial charge in [0.1, 0.15) is 5.82 Å². The number of aromatic nitrogens is 3. The molecule has 1 saturated heterocycles. The van der Waals surface area contributed by atoms with E-state index in [2.05, 4.69) is 32.4 Å². The van der Waals surface area contributed by atoms with Crippen LogP contribution in [0.1, 0.15) is 30.9 Å². The van der Waals surface area contributed by atoms with Gasteiger partial charge in [-0.25, -0.2) is 4.98 Å². The highest BCUT2D eigenvalue weighted by Gasteiger charge is 2.41. The largest absolute Gasteiger partial charge is 0.391 e. The molecule has 4 rings (SSSR count). The fourth-order valence-electron chi connectivity index (χ4n) is 3.54. The summed E-state index contributed by atoms with van der Waals surface area (Å²) in [6.45, 7) is 3.01. The first-order valence-corrected chi connectivity index (χ1v) is 8.42. The van der Waals surface area contributed by atoms with E-state index in [1.54, 1.807) is 6.20 Å². The van der Waals surface area contributed by atoms with Crippen molar-refractivity contribution >= 4 is 5.82 Å². The van der Waals surface area contributed by atoms with Gasteiger partial charge in [0.25, 0.3) is 0 Å². The van der Waals surface area contributed by atoms with Gasteiger partial charge < -0.3 is 15.3 Å². The smallest absolute Gasteiger partial charge is 0.128 e. The maximum atomic E-state index is 9.99. The summed E-state index contributed by atoms with van der Waals surface area (Å²) < 4.78 is 1.85. The van der Waals surface area contributed by atoms with E-state index < -0.39 is 0 Å². The van der Waals surface area contributed by atoms with E-state index in [4.69, 9.17) is 0 Å². The molecule has 0 aromatic carbocycles. The normalized spacial score (nSPS) is 27.2. The van der Waals surface area contributed by atoms with E-state index in [-0.39, 0.29) is 18.2 Å². The van der Waals surface area contributed by atoms with Crippen molar-refractivity contribution in [3.05, 3.63) is 42.4 Å². The summed E-state index contributed by atoms with van der Waals surface area (Å²) in [6, 6.07) is 6.43. The Morgan fingerprint density at radius 3 is 2.78 bits per heavy atom. The van der Waals surface area contributed by atoms with E-state index in [9.17, 15) is 5.11 Å². The van der Waals surface area contributed by atoms with Gasteiger partial charge in [-0.05, 0) is 37.0 Å². The Hall–Kier alpha value is -1.92. The fourth-order valence-corrected chi connectivity index (χ4v) is 3.54. The molecule has 1 saturated carbocycles. The highest BCUT2D eigenvalue weighted by atomic mass is 16.3. The molecule has 6 heteroatoms. The van der Waals surface area contributed by atoms with Crippen molar-refractivity contribution in [2.75, 3.05) is 18.0 Å². The van der Waals surface area contributed by atoms with Gasteiger partial charge in [0.05, 0.1) is 12.1 Å². The molecular weight excluding hydrogens is 290 g/mol. The highest BCUT2D eigenvalue weighted by Crippen LogP contribution is 2.32.